The molecule has 1 unspecified atom stereocenters. The third-order valence-electron chi connectivity index (χ3n) is 2.27. The van der Waals surface area contributed by atoms with Gasteiger partial charge in [0.05, 0.1) is 4.83 Å². The van der Waals surface area contributed by atoms with Gasteiger partial charge in [-0.1, -0.05) is 80.4 Å². The Balaban J connectivity index is 2.37. The van der Waals surface area contributed by atoms with Crippen molar-refractivity contribution in [2.45, 2.75) is 4.83 Å². The molecule has 0 saturated carbocycles. The first-order valence-corrected chi connectivity index (χ1v) is 6.43. The second-order valence-electron chi connectivity index (χ2n) is 3.29. The molecule has 0 aromatic heterocycles. The van der Waals surface area contributed by atoms with Crippen molar-refractivity contribution in [2.24, 2.45) is 0 Å². The van der Waals surface area contributed by atoms with Crippen molar-refractivity contribution < 1.29 is 0 Å². The summed E-state index contributed by atoms with van der Waals surface area (Å²) in [5.41, 5.74) is 2.52. The fourth-order valence-electron chi connectivity index (χ4n) is 1.48. The van der Waals surface area contributed by atoms with Gasteiger partial charge in [0.15, 0.2) is 0 Å². The zero-order chi connectivity index (χ0) is 10.7. The predicted octanol–water partition coefficient (Wildman–Crippen LogP) is 4.93. The first kappa shape index (κ1) is 10.9. The standard InChI is InChI=1S/C13H10Br2/c14-12-9-5-4-8-11(12)13(15)10-6-2-1-3-7-10/h1-9,13H. The fraction of sp³-hybridized carbons (Fsp3) is 0.0769. The van der Waals surface area contributed by atoms with Crippen LogP contribution in [0.3, 0.4) is 0 Å². The quantitative estimate of drug-likeness (QED) is 0.686. The lowest BCUT2D eigenvalue weighted by Gasteiger charge is -2.12. The summed E-state index contributed by atoms with van der Waals surface area (Å²) in [6, 6.07) is 18.7. The van der Waals surface area contributed by atoms with Crippen LogP contribution in [0.4, 0.5) is 0 Å². The molecule has 0 bridgehead atoms. The van der Waals surface area contributed by atoms with Crippen molar-refractivity contribution in [1.82, 2.24) is 0 Å². The van der Waals surface area contributed by atoms with Crippen LogP contribution < -0.4 is 0 Å². The molecule has 0 saturated heterocycles. The molecule has 0 nitrogen and oxygen atoms in total. The molecule has 0 N–H and O–H groups in total. The molecule has 1 atom stereocenters. The van der Waals surface area contributed by atoms with Crippen LogP contribution in [0.1, 0.15) is 16.0 Å². The minimum absolute atomic E-state index is 0.245. The molecule has 15 heavy (non-hydrogen) atoms. The van der Waals surface area contributed by atoms with Gasteiger partial charge in [0.2, 0.25) is 0 Å². The van der Waals surface area contributed by atoms with E-state index in [0.29, 0.717) is 0 Å². The normalized spacial score (nSPS) is 12.4. The number of hydrogen-bond donors (Lipinski definition) is 0. The predicted molar refractivity (Wildman–Crippen MR) is 71.4 cm³/mol. The van der Waals surface area contributed by atoms with Crippen LogP contribution in [-0.4, -0.2) is 0 Å². The maximum Gasteiger partial charge on any atom is 0.0655 e. The molecule has 2 aromatic carbocycles. The molecule has 0 aliphatic heterocycles. The third-order valence-corrected chi connectivity index (χ3v) is 4.01. The van der Waals surface area contributed by atoms with E-state index in [4.69, 9.17) is 0 Å². The van der Waals surface area contributed by atoms with Crippen molar-refractivity contribution in [3.63, 3.8) is 0 Å². The van der Waals surface area contributed by atoms with Crippen LogP contribution in [-0.2, 0) is 0 Å². The van der Waals surface area contributed by atoms with E-state index >= 15 is 0 Å². The molecular weight excluding hydrogens is 316 g/mol. The van der Waals surface area contributed by atoms with Crippen molar-refractivity contribution in [2.75, 3.05) is 0 Å². The monoisotopic (exact) mass is 324 g/mol. The minimum atomic E-state index is 0.245. The van der Waals surface area contributed by atoms with Crippen LogP contribution in [0.25, 0.3) is 0 Å². The summed E-state index contributed by atoms with van der Waals surface area (Å²) in [6.45, 7) is 0. The Bertz CT molecular complexity index is 437. The average molecular weight is 326 g/mol. The Labute approximate surface area is 107 Å². The van der Waals surface area contributed by atoms with E-state index in [1.807, 2.05) is 12.1 Å². The van der Waals surface area contributed by atoms with Gasteiger partial charge in [-0.15, -0.1) is 0 Å². The molecule has 0 aliphatic rings. The third kappa shape index (κ3) is 2.50. The Hall–Kier alpha value is -0.600. The number of benzene rings is 2. The van der Waals surface area contributed by atoms with E-state index < -0.39 is 0 Å². The van der Waals surface area contributed by atoms with Crippen LogP contribution >= 0.6 is 31.9 Å². The van der Waals surface area contributed by atoms with Gasteiger partial charge >= 0.3 is 0 Å². The Morgan fingerprint density at radius 1 is 0.800 bits per heavy atom. The first-order valence-electron chi connectivity index (χ1n) is 4.72. The molecule has 0 heterocycles. The molecule has 2 aromatic rings. The molecule has 0 aliphatic carbocycles. The minimum Gasteiger partial charge on any atom is -0.0786 e. The van der Waals surface area contributed by atoms with Crippen LogP contribution in [0.5, 0.6) is 0 Å². The van der Waals surface area contributed by atoms with Crippen LogP contribution in [0.2, 0.25) is 0 Å². The van der Waals surface area contributed by atoms with Gasteiger partial charge in [-0.25, -0.2) is 0 Å². The second kappa shape index (κ2) is 4.95. The highest BCUT2D eigenvalue weighted by molar-refractivity contribution is 9.11. The van der Waals surface area contributed by atoms with Crippen molar-refractivity contribution in [3.05, 3.63) is 70.2 Å². The van der Waals surface area contributed by atoms with Gasteiger partial charge in [-0.05, 0) is 17.2 Å². The van der Waals surface area contributed by atoms with Gasteiger partial charge in [0.25, 0.3) is 0 Å². The lowest BCUT2D eigenvalue weighted by atomic mass is 10.1. The van der Waals surface area contributed by atoms with Gasteiger partial charge in [-0.2, -0.15) is 0 Å². The highest BCUT2D eigenvalue weighted by Gasteiger charge is 2.11. The van der Waals surface area contributed by atoms with Gasteiger partial charge in [0.1, 0.15) is 0 Å². The van der Waals surface area contributed by atoms with Gasteiger partial charge in [-0.3, -0.25) is 0 Å². The second-order valence-corrected chi connectivity index (χ2v) is 5.06. The highest BCUT2D eigenvalue weighted by Crippen LogP contribution is 2.34. The number of halogens is 2. The van der Waals surface area contributed by atoms with E-state index in [2.05, 4.69) is 74.3 Å². The van der Waals surface area contributed by atoms with E-state index in [1.165, 1.54) is 11.1 Å². The summed E-state index contributed by atoms with van der Waals surface area (Å²) >= 11 is 7.28. The van der Waals surface area contributed by atoms with Crippen LogP contribution in [0, 0.1) is 0 Å². The van der Waals surface area contributed by atoms with E-state index in [1.54, 1.807) is 0 Å². The van der Waals surface area contributed by atoms with E-state index in [0.717, 1.165) is 4.47 Å². The molecule has 76 valence electrons. The summed E-state index contributed by atoms with van der Waals surface area (Å²) in [4.78, 5) is 0.245. The molecular formula is C13H10Br2. The highest BCUT2D eigenvalue weighted by atomic mass is 79.9. The Morgan fingerprint density at radius 2 is 1.40 bits per heavy atom. The summed E-state index contributed by atoms with van der Waals surface area (Å²) in [5.74, 6) is 0. The van der Waals surface area contributed by atoms with Crippen molar-refractivity contribution >= 4 is 31.9 Å². The van der Waals surface area contributed by atoms with Gasteiger partial charge < -0.3 is 0 Å². The zero-order valence-electron chi connectivity index (χ0n) is 8.03. The molecule has 2 rings (SSSR count). The van der Waals surface area contributed by atoms with Gasteiger partial charge in [0, 0.05) is 4.47 Å². The molecule has 0 amide bonds. The lowest BCUT2D eigenvalue weighted by Crippen LogP contribution is -1.92. The summed E-state index contributed by atoms with van der Waals surface area (Å²) in [5, 5.41) is 0. The topological polar surface area (TPSA) is 0 Å². The maximum atomic E-state index is 3.71. The van der Waals surface area contributed by atoms with E-state index in [-0.39, 0.29) is 4.83 Å². The van der Waals surface area contributed by atoms with Crippen molar-refractivity contribution in [1.29, 1.82) is 0 Å². The number of hydrogen-bond acceptors (Lipinski definition) is 0. The summed E-state index contributed by atoms with van der Waals surface area (Å²) in [6.07, 6.45) is 0. The average Bonchev–Trinajstić information content (AvgIpc) is 2.30. The Kier molecular flexibility index (Phi) is 3.60. The lowest BCUT2D eigenvalue weighted by molar-refractivity contribution is 1.16. The molecule has 0 fully saturated rings. The molecule has 0 spiro atoms. The summed E-state index contributed by atoms with van der Waals surface area (Å²) < 4.78 is 1.13. The largest absolute Gasteiger partial charge is 0.0786 e. The molecule has 0 radical (unpaired) electrons. The number of alkyl halides is 1. The maximum absolute atomic E-state index is 3.71. The fourth-order valence-corrected chi connectivity index (χ4v) is 3.01. The summed E-state index contributed by atoms with van der Waals surface area (Å²) in [7, 11) is 0. The van der Waals surface area contributed by atoms with E-state index in [9.17, 15) is 0 Å². The number of rotatable bonds is 2. The zero-order valence-corrected chi connectivity index (χ0v) is 11.2. The smallest absolute Gasteiger partial charge is 0.0655 e. The SMILES string of the molecule is Brc1ccccc1C(Br)c1ccccc1. The van der Waals surface area contributed by atoms with Crippen molar-refractivity contribution in [3.8, 4) is 0 Å². The van der Waals surface area contributed by atoms with Crippen LogP contribution in [0.15, 0.2) is 59.1 Å². The molecule has 2 heteroatoms. The first-order chi connectivity index (χ1) is 7.29. The Morgan fingerprint density at radius 3 is 2.07 bits per heavy atom.